The van der Waals surface area contributed by atoms with Gasteiger partial charge in [-0.3, -0.25) is 0 Å². The normalized spacial score (nSPS) is 33.3. The third-order valence-electron chi connectivity index (χ3n) is 6.14. The lowest BCUT2D eigenvalue weighted by atomic mass is 9.46. The van der Waals surface area contributed by atoms with Crippen LogP contribution in [0.15, 0.2) is 42.5 Å². The van der Waals surface area contributed by atoms with E-state index in [1.165, 1.54) is 5.56 Å². The Labute approximate surface area is 112 Å². The minimum atomic E-state index is 0.101. The van der Waals surface area contributed by atoms with Crippen LogP contribution >= 0.6 is 0 Å². The van der Waals surface area contributed by atoms with Crippen LogP contribution in [0.4, 0.5) is 0 Å². The highest BCUT2D eigenvalue weighted by atomic mass is 14.6. The largest absolute Gasteiger partial charge is 0.0842 e. The van der Waals surface area contributed by atoms with E-state index >= 15 is 0 Å². The van der Waals surface area contributed by atoms with Gasteiger partial charge in [0.1, 0.15) is 0 Å². The van der Waals surface area contributed by atoms with Gasteiger partial charge in [0.05, 0.1) is 0 Å². The molecule has 1 aromatic carbocycles. The first-order valence-corrected chi connectivity index (χ1v) is 6.98. The topological polar surface area (TPSA) is 0 Å². The predicted octanol–water partition coefficient (Wildman–Crippen LogP) is 5.20. The summed E-state index contributed by atoms with van der Waals surface area (Å²) >= 11 is 0. The Balaban J connectivity index is 2.61. The molecular weight excluding hydrogens is 216 g/mol. The van der Waals surface area contributed by atoms with E-state index in [1.54, 1.807) is 0 Å². The molecule has 0 saturated heterocycles. The molecular formula is C18H26. The van der Waals surface area contributed by atoms with Crippen molar-refractivity contribution in [3.63, 3.8) is 0 Å². The number of hydrogen-bond acceptors (Lipinski definition) is 0. The highest BCUT2D eigenvalue weighted by Gasteiger charge is 2.53. The van der Waals surface area contributed by atoms with Crippen LogP contribution in [0.1, 0.15) is 47.1 Å². The third-order valence-corrected chi connectivity index (χ3v) is 6.14. The molecule has 98 valence electrons. The Morgan fingerprint density at radius 1 is 0.889 bits per heavy atom. The molecule has 0 saturated carbocycles. The predicted molar refractivity (Wildman–Crippen MR) is 79.7 cm³/mol. The quantitative estimate of drug-likeness (QED) is 0.594. The summed E-state index contributed by atoms with van der Waals surface area (Å²) in [6.07, 6.45) is 4.83. The zero-order chi connectivity index (χ0) is 13.6. The summed E-state index contributed by atoms with van der Waals surface area (Å²) in [5, 5.41) is 0. The van der Waals surface area contributed by atoms with Crippen molar-refractivity contribution in [3.05, 3.63) is 48.0 Å². The first-order valence-electron chi connectivity index (χ1n) is 6.98. The molecule has 0 heteroatoms. The molecule has 0 amide bonds. The lowest BCUT2D eigenvalue weighted by molar-refractivity contribution is 0.00212. The van der Waals surface area contributed by atoms with Gasteiger partial charge >= 0.3 is 0 Å². The smallest absolute Gasteiger partial charge is 0.0160 e. The molecule has 0 bridgehead atoms. The molecule has 0 nitrogen and oxygen atoms in total. The van der Waals surface area contributed by atoms with Crippen molar-refractivity contribution >= 4 is 0 Å². The molecule has 2 unspecified atom stereocenters. The van der Waals surface area contributed by atoms with Crippen molar-refractivity contribution in [2.75, 3.05) is 0 Å². The maximum absolute atomic E-state index is 2.43. The Kier molecular flexibility index (Phi) is 2.96. The van der Waals surface area contributed by atoms with Gasteiger partial charge in [-0.1, -0.05) is 84.0 Å². The number of rotatable bonds is 1. The first-order chi connectivity index (χ1) is 8.23. The van der Waals surface area contributed by atoms with Gasteiger partial charge in [0, 0.05) is 5.41 Å². The van der Waals surface area contributed by atoms with Crippen LogP contribution in [0.3, 0.4) is 0 Å². The Hall–Kier alpha value is -1.04. The third kappa shape index (κ3) is 1.58. The molecule has 0 heterocycles. The van der Waals surface area contributed by atoms with Gasteiger partial charge in [-0.15, -0.1) is 0 Å². The lowest BCUT2D eigenvalue weighted by Gasteiger charge is -2.57. The molecule has 0 aromatic heterocycles. The summed E-state index contributed by atoms with van der Waals surface area (Å²) in [5.41, 5.74) is 2.03. The van der Waals surface area contributed by atoms with Crippen LogP contribution in [-0.4, -0.2) is 0 Å². The molecule has 0 N–H and O–H groups in total. The van der Waals surface area contributed by atoms with Gasteiger partial charge in [0.2, 0.25) is 0 Å². The van der Waals surface area contributed by atoms with E-state index in [0.717, 1.165) is 0 Å². The van der Waals surface area contributed by atoms with Crippen LogP contribution in [0, 0.1) is 16.7 Å². The monoisotopic (exact) mass is 242 g/mol. The van der Waals surface area contributed by atoms with E-state index in [9.17, 15) is 0 Å². The highest BCUT2D eigenvalue weighted by Crippen LogP contribution is 2.59. The molecule has 0 radical (unpaired) electrons. The molecule has 0 fully saturated rings. The maximum atomic E-state index is 2.43. The maximum Gasteiger partial charge on any atom is 0.0160 e. The molecule has 1 aromatic rings. The van der Waals surface area contributed by atoms with Crippen LogP contribution in [0.5, 0.6) is 0 Å². The summed E-state index contributed by atoms with van der Waals surface area (Å²) in [5.74, 6) is 0.615. The van der Waals surface area contributed by atoms with Crippen LogP contribution in [0.25, 0.3) is 0 Å². The lowest BCUT2D eigenvalue weighted by Crippen LogP contribution is -2.52. The first kappa shape index (κ1) is 13.4. The summed E-state index contributed by atoms with van der Waals surface area (Å²) in [6, 6.07) is 10.9. The second-order valence-corrected chi connectivity index (χ2v) is 7.06. The number of hydrogen-bond donors (Lipinski definition) is 0. The van der Waals surface area contributed by atoms with E-state index in [-0.39, 0.29) is 16.2 Å². The highest BCUT2D eigenvalue weighted by molar-refractivity contribution is 5.36. The van der Waals surface area contributed by atoms with Crippen molar-refractivity contribution in [1.82, 2.24) is 0 Å². The molecule has 1 aliphatic rings. The van der Waals surface area contributed by atoms with E-state index < -0.39 is 0 Å². The molecule has 18 heavy (non-hydrogen) atoms. The summed E-state index contributed by atoms with van der Waals surface area (Å²) in [6.45, 7) is 14.4. The Morgan fingerprint density at radius 3 is 2.00 bits per heavy atom. The zero-order valence-corrected chi connectivity index (χ0v) is 12.6. The van der Waals surface area contributed by atoms with E-state index in [1.807, 2.05) is 0 Å². The van der Waals surface area contributed by atoms with Crippen LogP contribution in [0.2, 0.25) is 0 Å². The Bertz CT molecular complexity index is 450. The minimum Gasteiger partial charge on any atom is -0.0842 e. The van der Waals surface area contributed by atoms with Crippen LogP contribution < -0.4 is 0 Å². The van der Waals surface area contributed by atoms with Gasteiger partial charge in [0.15, 0.2) is 0 Å². The van der Waals surface area contributed by atoms with Crippen LogP contribution in [-0.2, 0) is 5.41 Å². The fourth-order valence-corrected chi connectivity index (χ4v) is 3.27. The van der Waals surface area contributed by atoms with Gasteiger partial charge < -0.3 is 0 Å². The zero-order valence-electron chi connectivity index (χ0n) is 12.6. The van der Waals surface area contributed by atoms with Gasteiger partial charge in [-0.2, -0.15) is 0 Å². The summed E-state index contributed by atoms with van der Waals surface area (Å²) in [4.78, 5) is 0. The molecule has 1 aliphatic carbocycles. The van der Waals surface area contributed by atoms with Crippen molar-refractivity contribution in [2.45, 2.75) is 47.0 Å². The molecule has 2 atom stereocenters. The van der Waals surface area contributed by atoms with Crippen molar-refractivity contribution in [3.8, 4) is 0 Å². The molecule has 0 aliphatic heterocycles. The minimum absolute atomic E-state index is 0.101. The Morgan fingerprint density at radius 2 is 1.44 bits per heavy atom. The van der Waals surface area contributed by atoms with Crippen molar-refractivity contribution in [1.29, 1.82) is 0 Å². The molecule has 0 spiro atoms. The number of benzene rings is 1. The van der Waals surface area contributed by atoms with Gasteiger partial charge in [-0.05, 0) is 22.3 Å². The second kappa shape index (κ2) is 3.98. The van der Waals surface area contributed by atoms with Crippen molar-refractivity contribution in [2.24, 2.45) is 16.7 Å². The van der Waals surface area contributed by atoms with E-state index in [2.05, 4.69) is 84.0 Å². The standard InChI is InChI=1S/C18H26/c1-14-12-13-18(6,15-10-8-7-9-11-15)17(4,5)16(14,2)3/h7-14H,1-6H3. The average molecular weight is 242 g/mol. The fourth-order valence-electron chi connectivity index (χ4n) is 3.27. The SMILES string of the molecule is CC1C=CC(C)(c2ccccc2)C(C)(C)C1(C)C. The van der Waals surface area contributed by atoms with Gasteiger partial charge in [-0.25, -0.2) is 0 Å². The fraction of sp³-hybridized carbons (Fsp3) is 0.556. The summed E-state index contributed by atoms with van der Waals surface area (Å²) in [7, 11) is 0. The average Bonchev–Trinajstić information content (AvgIpc) is 2.34. The van der Waals surface area contributed by atoms with E-state index in [4.69, 9.17) is 0 Å². The van der Waals surface area contributed by atoms with Crippen molar-refractivity contribution < 1.29 is 0 Å². The molecule has 2 rings (SSSR count). The summed E-state index contributed by atoms with van der Waals surface area (Å²) < 4.78 is 0. The second-order valence-electron chi connectivity index (χ2n) is 7.06. The van der Waals surface area contributed by atoms with Gasteiger partial charge in [0.25, 0.3) is 0 Å². The van der Waals surface area contributed by atoms with E-state index in [0.29, 0.717) is 5.92 Å². The number of allylic oxidation sites excluding steroid dienone is 2.